The highest BCUT2D eigenvalue weighted by Crippen LogP contribution is 2.02. The lowest BCUT2D eigenvalue weighted by molar-refractivity contribution is 0.0349. The Bertz CT molecular complexity index is 652. The molecular weight excluding hydrogens is 296 g/mol. The predicted octanol–water partition coefficient (Wildman–Crippen LogP) is 0.249. The highest BCUT2D eigenvalue weighted by molar-refractivity contribution is 5.74. The van der Waals surface area contributed by atoms with Gasteiger partial charge in [0.1, 0.15) is 0 Å². The highest BCUT2D eigenvalue weighted by Gasteiger charge is 2.15. The Morgan fingerprint density at radius 3 is 3.00 bits per heavy atom. The molecular formula is C15H22N6O2. The maximum atomic E-state index is 12.0. The molecule has 0 spiro atoms. The molecule has 0 saturated carbocycles. The Kier molecular flexibility index (Phi) is 5.04. The van der Waals surface area contributed by atoms with Gasteiger partial charge in [-0.2, -0.15) is 0 Å². The molecule has 1 aliphatic rings. The second kappa shape index (κ2) is 7.38. The molecule has 0 radical (unpaired) electrons. The van der Waals surface area contributed by atoms with Crippen molar-refractivity contribution in [1.29, 1.82) is 0 Å². The first-order chi connectivity index (χ1) is 11.2. The van der Waals surface area contributed by atoms with Crippen LogP contribution in [0, 0.1) is 0 Å². The third kappa shape index (κ3) is 4.17. The molecule has 1 atom stereocenters. The van der Waals surface area contributed by atoms with Gasteiger partial charge in [0.15, 0.2) is 11.5 Å². The van der Waals surface area contributed by atoms with Crippen LogP contribution in [-0.2, 0) is 11.3 Å². The summed E-state index contributed by atoms with van der Waals surface area (Å²) in [6, 6.07) is 5.56. The number of pyridine rings is 1. The summed E-state index contributed by atoms with van der Waals surface area (Å²) in [5.41, 5.74) is 0.769. The van der Waals surface area contributed by atoms with E-state index in [4.69, 9.17) is 4.74 Å². The molecule has 2 aromatic heterocycles. The number of hydrogen-bond donors (Lipinski definition) is 2. The number of carbonyl (C=O) groups is 1. The molecule has 2 N–H and O–H groups in total. The first kappa shape index (κ1) is 15.7. The smallest absolute Gasteiger partial charge is 0.315 e. The van der Waals surface area contributed by atoms with Crippen LogP contribution in [0.25, 0.3) is 5.65 Å². The Morgan fingerprint density at radius 2 is 2.17 bits per heavy atom. The van der Waals surface area contributed by atoms with Crippen LogP contribution in [0.3, 0.4) is 0 Å². The molecule has 0 aliphatic carbocycles. The van der Waals surface area contributed by atoms with E-state index in [2.05, 4.69) is 25.7 Å². The Morgan fingerprint density at radius 1 is 1.35 bits per heavy atom. The van der Waals surface area contributed by atoms with E-state index in [0.29, 0.717) is 12.4 Å². The van der Waals surface area contributed by atoms with Crippen molar-refractivity contribution in [2.45, 2.75) is 19.5 Å². The number of urea groups is 1. The number of rotatable bonds is 5. The van der Waals surface area contributed by atoms with Crippen molar-refractivity contribution in [2.75, 3.05) is 32.8 Å². The quantitative estimate of drug-likeness (QED) is 0.825. The van der Waals surface area contributed by atoms with Crippen molar-refractivity contribution in [3.8, 4) is 0 Å². The van der Waals surface area contributed by atoms with Crippen LogP contribution in [0.15, 0.2) is 24.4 Å². The summed E-state index contributed by atoms with van der Waals surface area (Å²) in [5, 5.41) is 13.9. The average molecular weight is 318 g/mol. The van der Waals surface area contributed by atoms with E-state index in [9.17, 15) is 4.79 Å². The van der Waals surface area contributed by atoms with Gasteiger partial charge in [0.25, 0.3) is 0 Å². The summed E-state index contributed by atoms with van der Waals surface area (Å²) < 4.78 is 7.18. The lowest BCUT2D eigenvalue weighted by Gasteiger charge is -2.29. The third-order valence-corrected chi connectivity index (χ3v) is 3.80. The monoisotopic (exact) mass is 318 g/mol. The number of morpholine rings is 1. The zero-order chi connectivity index (χ0) is 16.1. The fourth-order valence-electron chi connectivity index (χ4n) is 2.66. The number of hydrogen-bond acceptors (Lipinski definition) is 5. The molecule has 3 rings (SSSR count). The van der Waals surface area contributed by atoms with Crippen LogP contribution in [0.1, 0.15) is 12.7 Å². The average Bonchev–Trinajstić information content (AvgIpc) is 2.97. The van der Waals surface area contributed by atoms with Gasteiger partial charge in [-0.15, -0.1) is 10.2 Å². The summed E-state index contributed by atoms with van der Waals surface area (Å²) in [7, 11) is 0. The van der Waals surface area contributed by atoms with Gasteiger partial charge in [0, 0.05) is 31.9 Å². The first-order valence-corrected chi connectivity index (χ1v) is 7.85. The van der Waals surface area contributed by atoms with Crippen molar-refractivity contribution >= 4 is 11.7 Å². The summed E-state index contributed by atoms with van der Waals surface area (Å²) in [5.74, 6) is 0.705. The van der Waals surface area contributed by atoms with Crippen LogP contribution in [0.4, 0.5) is 4.79 Å². The van der Waals surface area contributed by atoms with E-state index in [1.54, 1.807) is 0 Å². The van der Waals surface area contributed by atoms with Gasteiger partial charge >= 0.3 is 6.03 Å². The summed E-state index contributed by atoms with van der Waals surface area (Å²) in [6.07, 6.45) is 1.88. The van der Waals surface area contributed by atoms with Crippen molar-refractivity contribution in [1.82, 2.24) is 30.1 Å². The molecule has 124 valence electrons. The molecule has 23 heavy (non-hydrogen) atoms. The number of nitrogens with one attached hydrogen (secondary N) is 2. The number of nitrogens with zero attached hydrogens (tertiary/aromatic N) is 4. The second-order valence-corrected chi connectivity index (χ2v) is 5.69. The standard InChI is InChI=1S/C15H22N6O2/c1-12(11-20-6-8-23-9-7-20)17-15(22)16-10-14-19-18-13-4-2-3-5-21(13)14/h2-5,12H,6-11H2,1H3,(H2,16,17,22)/t12-/m0/s1. The van der Waals surface area contributed by atoms with E-state index in [0.717, 1.165) is 38.5 Å². The number of aromatic nitrogens is 3. The topological polar surface area (TPSA) is 83.8 Å². The maximum Gasteiger partial charge on any atom is 0.315 e. The molecule has 1 saturated heterocycles. The Balaban J connectivity index is 1.45. The van der Waals surface area contributed by atoms with E-state index >= 15 is 0 Å². The van der Waals surface area contributed by atoms with E-state index in [-0.39, 0.29) is 12.1 Å². The van der Waals surface area contributed by atoms with Gasteiger partial charge in [0.05, 0.1) is 19.8 Å². The summed E-state index contributed by atoms with van der Waals surface area (Å²) >= 11 is 0. The van der Waals surface area contributed by atoms with E-state index in [1.807, 2.05) is 35.7 Å². The summed E-state index contributed by atoms with van der Waals surface area (Å²) in [4.78, 5) is 14.3. The predicted molar refractivity (Wildman–Crippen MR) is 85.1 cm³/mol. The molecule has 0 aromatic carbocycles. The van der Waals surface area contributed by atoms with Crippen LogP contribution >= 0.6 is 0 Å². The second-order valence-electron chi connectivity index (χ2n) is 5.69. The molecule has 8 nitrogen and oxygen atoms in total. The molecule has 1 fully saturated rings. The molecule has 0 unspecified atom stereocenters. The Labute approximate surface area is 134 Å². The minimum Gasteiger partial charge on any atom is -0.379 e. The fourth-order valence-corrected chi connectivity index (χ4v) is 2.66. The minimum atomic E-state index is -0.196. The molecule has 2 aromatic rings. The van der Waals surface area contributed by atoms with Crippen LogP contribution in [0.2, 0.25) is 0 Å². The molecule has 1 aliphatic heterocycles. The molecule has 0 bridgehead atoms. The lowest BCUT2D eigenvalue weighted by atomic mass is 10.3. The number of ether oxygens (including phenoxy) is 1. The highest BCUT2D eigenvalue weighted by atomic mass is 16.5. The zero-order valence-electron chi connectivity index (χ0n) is 13.2. The fraction of sp³-hybridized carbons (Fsp3) is 0.533. The third-order valence-electron chi connectivity index (χ3n) is 3.80. The van der Waals surface area contributed by atoms with E-state index < -0.39 is 0 Å². The first-order valence-electron chi connectivity index (χ1n) is 7.85. The van der Waals surface area contributed by atoms with Crippen LogP contribution in [-0.4, -0.2) is 64.4 Å². The number of fused-ring (bicyclic) bond motifs is 1. The van der Waals surface area contributed by atoms with Gasteiger partial charge in [-0.1, -0.05) is 6.07 Å². The van der Waals surface area contributed by atoms with Crippen molar-refractivity contribution in [3.63, 3.8) is 0 Å². The Hall–Kier alpha value is -2.19. The number of amides is 2. The van der Waals surface area contributed by atoms with Gasteiger partial charge in [-0.25, -0.2) is 4.79 Å². The van der Waals surface area contributed by atoms with Gasteiger partial charge < -0.3 is 15.4 Å². The van der Waals surface area contributed by atoms with Crippen molar-refractivity contribution in [2.24, 2.45) is 0 Å². The van der Waals surface area contributed by atoms with Gasteiger partial charge in [-0.3, -0.25) is 9.30 Å². The summed E-state index contributed by atoms with van der Waals surface area (Å²) in [6.45, 7) is 6.52. The minimum absolute atomic E-state index is 0.0724. The van der Waals surface area contributed by atoms with E-state index in [1.165, 1.54) is 0 Å². The number of carbonyl (C=O) groups excluding carboxylic acids is 1. The molecule has 2 amide bonds. The normalized spacial score (nSPS) is 17.1. The molecule has 3 heterocycles. The van der Waals surface area contributed by atoms with Crippen molar-refractivity contribution < 1.29 is 9.53 Å². The van der Waals surface area contributed by atoms with Crippen LogP contribution in [0.5, 0.6) is 0 Å². The van der Waals surface area contributed by atoms with Gasteiger partial charge in [-0.05, 0) is 19.1 Å². The maximum absolute atomic E-state index is 12.0. The zero-order valence-corrected chi connectivity index (χ0v) is 13.2. The largest absolute Gasteiger partial charge is 0.379 e. The molecule has 8 heteroatoms. The SMILES string of the molecule is C[C@@H](CN1CCOCC1)NC(=O)NCc1nnc2ccccn12. The van der Waals surface area contributed by atoms with Crippen molar-refractivity contribution in [3.05, 3.63) is 30.2 Å². The van der Waals surface area contributed by atoms with Gasteiger partial charge in [0.2, 0.25) is 0 Å². The van der Waals surface area contributed by atoms with Crippen LogP contribution < -0.4 is 10.6 Å². The lowest BCUT2D eigenvalue weighted by Crippen LogP contribution is -2.48.